The summed E-state index contributed by atoms with van der Waals surface area (Å²) in [5.41, 5.74) is -0.124. The Hall–Kier alpha value is -1.69. The lowest BCUT2D eigenvalue weighted by Gasteiger charge is -2.35. The quantitative estimate of drug-likeness (QED) is 0.720. The van der Waals surface area contributed by atoms with Gasteiger partial charge in [0.05, 0.1) is 5.60 Å². The van der Waals surface area contributed by atoms with Crippen molar-refractivity contribution in [2.24, 2.45) is 0 Å². The van der Waals surface area contributed by atoms with Gasteiger partial charge in [0.2, 0.25) is 11.9 Å². The number of aromatic nitrogens is 2. The molecule has 1 atom stereocenters. The molecule has 0 unspecified atom stereocenters. The van der Waals surface area contributed by atoms with Crippen LogP contribution in [0.15, 0.2) is 18.5 Å². The molecule has 1 aliphatic heterocycles. The Labute approximate surface area is 138 Å². The van der Waals surface area contributed by atoms with Gasteiger partial charge >= 0.3 is 0 Å². The molecule has 1 aromatic heterocycles. The zero-order chi connectivity index (χ0) is 16.5. The average molecular weight is 320 g/mol. The summed E-state index contributed by atoms with van der Waals surface area (Å²) in [6.45, 7) is 5.72. The fraction of sp³-hybridized carbons (Fsp3) is 0.706. The van der Waals surface area contributed by atoms with Crippen molar-refractivity contribution in [3.05, 3.63) is 18.5 Å². The number of nitrogens with one attached hydrogen (secondary N) is 2. The van der Waals surface area contributed by atoms with Crippen LogP contribution < -0.4 is 10.6 Å². The summed E-state index contributed by atoms with van der Waals surface area (Å²) in [5.74, 6) is 0.819. The highest BCUT2D eigenvalue weighted by molar-refractivity contribution is 5.76. The fourth-order valence-corrected chi connectivity index (χ4v) is 2.83. The smallest absolute Gasteiger partial charge is 0.222 e. The molecular weight excluding hydrogens is 292 g/mol. The van der Waals surface area contributed by atoms with Crippen LogP contribution in [0.4, 0.5) is 5.95 Å². The van der Waals surface area contributed by atoms with Crippen molar-refractivity contribution in [1.82, 2.24) is 15.3 Å². The highest BCUT2D eigenvalue weighted by atomic mass is 16.5. The van der Waals surface area contributed by atoms with E-state index in [2.05, 4.69) is 34.4 Å². The van der Waals surface area contributed by atoms with Crippen molar-refractivity contribution in [3.63, 3.8) is 0 Å². The first-order valence-corrected chi connectivity index (χ1v) is 8.49. The van der Waals surface area contributed by atoms with E-state index in [0.29, 0.717) is 12.4 Å². The van der Waals surface area contributed by atoms with Crippen molar-refractivity contribution in [2.75, 3.05) is 18.5 Å². The van der Waals surface area contributed by atoms with Crippen molar-refractivity contribution in [3.8, 4) is 0 Å². The van der Waals surface area contributed by atoms with Crippen LogP contribution in [0.5, 0.6) is 0 Å². The Morgan fingerprint density at radius 2 is 2.09 bits per heavy atom. The number of hydrogen-bond donors (Lipinski definition) is 2. The van der Waals surface area contributed by atoms with Crippen LogP contribution in [-0.2, 0) is 9.53 Å². The molecule has 6 nitrogen and oxygen atoms in total. The largest absolute Gasteiger partial charge is 0.375 e. The SMILES string of the molecule is CC1(C)C[C@H](NC(=O)CCCCCNc2ncccn2)CCO1. The molecule has 128 valence electrons. The van der Waals surface area contributed by atoms with Crippen LogP contribution >= 0.6 is 0 Å². The third kappa shape index (κ3) is 6.95. The van der Waals surface area contributed by atoms with E-state index in [1.54, 1.807) is 18.5 Å². The first kappa shape index (κ1) is 17.7. The first-order valence-electron chi connectivity index (χ1n) is 8.49. The number of carbonyl (C=O) groups excluding carboxylic acids is 1. The summed E-state index contributed by atoms with van der Waals surface area (Å²) in [6.07, 6.45) is 8.78. The van der Waals surface area contributed by atoms with Crippen molar-refractivity contribution >= 4 is 11.9 Å². The predicted molar refractivity (Wildman–Crippen MR) is 90.2 cm³/mol. The van der Waals surface area contributed by atoms with Crippen LogP contribution in [-0.4, -0.2) is 40.7 Å². The molecule has 0 bridgehead atoms. The molecule has 1 aliphatic rings. The number of rotatable bonds is 8. The number of carbonyl (C=O) groups is 1. The highest BCUT2D eigenvalue weighted by Gasteiger charge is 2.29. The monoisotopic (exact) mass is 320 g/mol. The van der Waals surface area contributed by atoms with Crippen LogP contribution in [0, 0.1) is 0 Å². The molecule has 0 saturated carbocycles. The van der Waals surface area contributed by atoms with Gasteiger partial charge in [0.1, 0.15) is 0 Å². The maximum Gasteiger partial charge on any atom is 0.222 e. The summed E-state index contributed by atoms with van der Waals surface area (Å²) in [5, 5.41) is 6.31. The number of hydrogen-bond acceptors (Lipinski definition) is 5. The van der Waals surface area contributed by atoms with E-state index in [-0.39, 0.29) is 17.6 Å². The van der Waals surface area contributed by atoms with Crippen molar-refractivity contribution in [1.29, 1.82) is 0 Å². The molecule has 0 spiro atoms. The maximum absolute atomic E-state index is 12.0. The van der Waals surface area contributed by atoms with E-state index in [9.17, 15) is 4.79 Å². The molecule has 1 amide bonds. The molecule has 2 N–H and O–H groups in total. The van der Waals surface area contributed by atoms with Crippen LogP contribution in [0.25, 0.3) is 0 Å². The van der Waals surface area contributed by atoms with Crippen LogP contribution in [0.1, 0.15) is 52.4 Å². The Balaban J connectivity index is 1.51. The van der Waals surface area contributed by atoms with E-state index in [0.717, 1.165) is 45.3 Å². The number of nitrogens with zero attached hydrogens (tertiary/aromatic N) is 2. The molecule has 2 heterocycles. The lowest BCUT2D eigenvalue weighted by atomic mass is 9.94. The van der Waals surface area contributed by atoms with Gasteiger partial charge in [-0.1, -0.05) is 6.42 Å². The molecule has 0 aliphatic carbocycles. The number of ether oxygens (including phenoxy) is 1. The zero-order valence-corrected chi connectivity index (χ0v) is 14.2. The topological polar surface area (TPSA) is 76.1 Å². The summed E-state index contributed by atoms with van der Waals surface area (Å²) < 4.78 is 5.67. The van der Waals surface area contributed by atoms with Crippen LogP contribution in [0.3, 0.4) is 0 Å². The number of unbranched alkanes of at least 4 members (excludes halogenated alkanes) is 2. The number of amides is 1. The second kappa shape index (κ2) is 8.82. The molecule has 23 heavy (non-hydrogen) atoms. The third-order valence-corrected chi connectivity index (χ3v) is 3.99. The van der Waals surface area contributed by atoms with Gasteiger partial charge < -0.3 is 15.4 Å². The van der Waals surface area contributed by atoms with E-state index >= 15 is 0 Å². The number of anilines is 1. The predicted octanol–water partition coefficient (Wildman–Crippen LogP) is 2.52. The molecule has 0 radical (unpaired) electrons. The average Bonchev–Trinajstić information content (AvgIpc) is 2.51. The zero-order valence-electron chi connectivity index (χ0n) is 14.2. The van der Waals surface area contributed by atoms with E-state index in [1.807, 2.05) is 0 Å². The first-order chi connectivity index (χ1) is 11.1. The fourth-order valence-electron chi connectivity index (χ4n) is 2.83. The van der Waals surface area contributed by atoms with E-state index < -0.39 is 0 Å². The van der Waals surface area contributed by atoms with Gasteiger partial charge in [0.25, 0.3) is 0 Å². The van der Waals surface area contributed by atoms with Crippen molar-refractivity contribution < 1.29 is 9.53 Å². The molecule has 1 fully saturated rings. The Morgan fingerprint density at radius 3 is 2.83 bits per heavy atom. The molecular formula is C17H28N4O2. The second-order valence-electron chi connectivity index (χ2n) is 6.68. The standard InChI is InChI=1S/C17H28N4O2/c1-17(2)13-14(8-12-23-17)21-15(22)7-4-3-5-9-18-16-19-10-6-11-20-16/h6,10-11,14H,3-5,7-9,12-13H2,1-2H3,(H,21,22)(H,18,19,20)/t14-/m1/s1. The maximum atomic E-state index is 12.0. The Morgan fingerprint density at radius 1 is 1.30 bits per heavy atom. The minimum absolute atomic E-state index is 0.124. The van der Waals surface area contributed by atoms with Gasteiger partial charge in [-0.05, 0) is 45.6 Å². The molecule has 6 heteroatoms. The minimum Gasteiger partial charge on any atom is -0.375 e. The Kier molecular flexibility index (Phi) is 6.77. The third-order valence-electron chi connectivity index (χ3n) is 3.99. The second-order valence-corrected chi connectivity index (χ2v) is 6.68. The molecule has 1 aromatic rings. The minimum atomic E-state index is -0.124. The summed E-state index contributed by atoms with van der Waals surface area (Å²) in [6, 6.07) is 2.05. The van der Waals surface area contributed by atoms with E-state index in [1.165, 1.54) is 0 Å². The van der Waals surface area contributed by atoms with Crippen LogP contribution in [0.2, 0.25) is 0 Å². The lowest BCUT2D eigenvalue weighted by Crippen LogP contribution is -2.45. The summed E-state index contributed by atoms with van der Waals surface area (Å²) in [4.78, 5) is 20.2. The van der Waals surface area contributed by atoms with Gasteiger partial charge in [0.15, 0.2) is 0 Å². The van der Waals surface area contributed by atoms with E-state index in [4.69, 9.17) is 4.74 Å². The van der Waals surface area contributed by atoms with Gasteiger partial charge in [-0.25, -0.2) is 9.97 Å². The normalized spacial score (nSPS) is 20.0. The van der Waals surface area contributed by atoms with Gasteiger partial charge in [-0.3, -0.25) is 4.79 Å². The summed E-state index contributed by atoms with van der Waals surface area (Å²) >= 11 is 0. The molecule has 0 aromatic carbocycles. The highest BCUT2D eigenvalue weighted by Crippen LogP contribution is 2.23. The lowest BCUT2D eigenvalue weighted by molar-refractivity contribution is -0.124. The summed E-state index contributed by atoms with van der Waals surface area (Å²) in [7, 11) is 0. The Bertz CT molecular complexity index is 479. The van der Waals surface area contributed by atoms with Gasteiger partial charge in [-0.2, -0.15) is 0 Å². The van der Waals surface area contributed by atoms with Gasteiger partial charge in [-0.15, -0.1) is 0 Å². The molecule has 1 saturated heterocycles. The molecule has 2 rings (SSSR count). The van der Waals surface area contributed by atoms with Gasteiger partial charge in [0, 0.05) is 38.0 Å². The van der Waals surface area contributed by atoms with Crippen molar-refractivity contribution in [2.45, 2.75) is 64.0 Å².